The van der Waals surface area contributed by atoms with Gasteiger partial charge >= 0.3 is 0 Å². The Balaban J connectivity index is 1.90. The molecule has 3 nitrogen and oxygen atoms in total. The lowest BCUT2D eigenvalue weighted by Gasteiger charge is -2.32. The molecule has 0 bridgehead atoms. The van der Waals surface area contributed by atoms with Gasteiger partial charge in [-0.15, -0.1) is 0 Å². The van der Waals surface area contributed by atoms with Crippen LogP contribution in [-0.4, -0.2) is 37.2 Å². The molecular formula is C14H31N3. The van der Waals surface area contributed by atoms with Gasteiger partial charge in [0.15, 0.2) is 0 Å². The lowest BCUT2D eigenvalue weighted by molar-refractivity contribution is 0.165. The highest BCUT2D eigenvalue weighted by atomic mass is 15.3. The Labute approximate surface area is 107 Å². The molecule has 3 N–H and O–H groups in total. The van der Waals surface area contributed by atoms with Crippen molar-refractivity contribution in [2.45, 2.75) is 64.5 Å². The van der Waals surface area contributed by atoms with Crippen molar-refractivity contribution in [3.05, 3.63) is 0 Å². The van der Waals surface area contributed by atoms with Crippen LogP contribution in [-0.2, 0) is 0 Å². The van der Waals surface area contributed by atoms with E-state index < -0.39 is 0 Å². The second-order valence-corrected chi connectivity index (χ2v) is 5.26. The van der Waals surface area contributed by atoms with E-state index in [-0.39, 0.29) is 0 Å². The minimum absolute atomic E-state index is 0.299. The first-order chi connectivity index (χ1) is 8.34. The fraction of sp³-hybridized carbons (Fsp3) is 1.00. The fourth-order valence-corrected chi connectivity index (χ4v) is 2.51. The molecule has 0 aromatic carbocycles. The first kappa shape index (κ1) is 14.9. The smallest absolute Gasteiger partial charge is 0.0572 e. The molecule has 1 aliphatic heterocycles. The zero-order valence-corrected chi connectivity index (χ0v) is 11.6. The molecule has 0 saturated carbocycles. The maximum atomic E-state index is 6.21. The number of piperazine rings is 1. The molecule has 102 valence electrons. The number of hydrogen-bond acceptors (Lipinski definition) is 3. The van der Waals surface area contributed by atoms with Crippen LogP contribution in [0.25, 0.3) is 0 Å². The molecule has 0 aliphatic carbocycles. The molecule has 1 heterocycles. The monoisotopic (exact) mass is 241 g/mol. The average molecular weight is 241 g/mol. The summed E-state index contributed by atoms with van der Waals surface area (Å²) in [6.07, 6.45) is 11.1. The minimum atomic E-state index is 0.299. The van der Waals surface area contributed by atoms with Crippen molar-refractivity contribution in [1.29, 1.82) is 0 Å². The van der Waals surface area contributed by atoms with Gasteiger partial charge in [-0.25, -0.2) is 0 Å². The Hall–Kier alpha value is -0.120. The average Bonchev–Trinajstić information content (AvgIpc) is 2.38. The van der Waals surface area contributed by atoms with E-state index >= 15 is 0 Å². The highest BCUT2D eigenvalue weighted by molar-refractivity contribution is 4.72. The predicted octanol–water partition coefficient (Wildman–Crippen LogP) is 2.32. The molecule has 3 heteroatoms. The molecule has 17 heavy (non-hydrogen) atoms. The van der Waals surface area contributed by atoms with Gasteiger partial charge in [0.05, 0.1) is 6.17 Å². The lowest BCUT2D eigenvalue weighted by atomic mass is 10.1. The quantitative estimate of drug-likeness (QED) is 0.609. The molecule has 1 fully saturated rings. The summed E-state index contributed by atoms with van der Waals surface area (Å²) in [5.41, 5.74) is 6.21. The number of rotatable bonds is 9. The maximum absolute atomic E-state index is 6.21. The highest BCUT2D eigenvalue weighted by Gasteiger charge is 2.15. The van der Waals surface area contributed by atoms with Crippen molar-refractivity contribution in [2.75, 3.05) is 26.2 Å². The topological polar surface area (TPSA) is 41.3 Å². The van der Waals surface area contributed by atoms with Gasteiger partial charge in [0, 0.05) is 26.2 Å². The van der Waals surface area contributed by atoms with Gasteiger partial charge in [0.1, 0.15) is 0 Å². The molecule has 1 saturated heterocycles. The standard InChI is InChI=1S/C14H31N3/c1-2-3-4-5-6-7-8-9-14(15)17-12-10-16-11-13-17/h14,16H,2-13,15H2,1H3. The third kappa shape index (κ3) is 7.02. The summed E-state index contributed by atoms with van der Waals surface area (Å²) in [4.78, 5) is 2.42. The summed E-state index contributed by atoms with van der Waals surface area (Å²) in [6.45, 7) is 6.72. The number of unbranched alkanes of at least 4 members (excludes halogenated alkanes) is 6. The summed E-state index contributed by atoms with van der Waals surface area (Å²) in [5, 5.41) is 3.37. The van der Waals surface area contributed by atoms with Gasteiger partial charge in [-0.1, -0.05) is 51.9 Å². The molecule has 1 rings (SSSR count). The van der Waals surface area contributed by atoms with Gasteiger partial charge in [-0.05, 0) is 6.42 Å². The van der Waals surface area contributed by atoms with E-state index in [0.29, 0.717) is 6.17 Å². The Kier molecular flexibility index (Phi) is 8.67. The Morgan fingerprint density at radius 3 is 2.24 bits per heavy atom. The molecule has 0 spiro atoms. The van der Waals surface area contributed by atoms with E-state index in [1.807, 2.05) is 0 Å². The van der Waals surface area contributed by atoms with Crippen molar-refractivity contribution < 1.29 is 0 Å². The second kappa shape index (κ2) is 9.86. The Morgan fingerprint density at radius 2 is 1.59 bits per heavy atom. The van der Waals surface area contributed by atoms with Gasteiger partial charge < -0.3 is 11.1 Å². The predicted molar refractivity (Wildman–Crippen MR) is 75.0 cm³/mol. The summed E-state index contributed by atoms with van der Waals surface area (Å²) < 4.78 is 0. The van der Waals surface area contributed by atoms with Gasteiger partial charge in [-0.2, -0.15) is 0 Å². The van der Waals surface area contributed by atoms with Crippen LogP contribution < -0.4 is 11.1 Å². The molecule has 1 aliphatic rings. The zero-order valence-electron chi connectivity index (χ0n) is 11.6. The summed E-state index contributed by atoms with van der Waals surface area (Å²) in [7, 11) is 0. The van der Waals surface area contributed by atoms with Crippen LogP contribution in [0.1, 0.15) is 58.3 Å². The van der Waals surface area contributed by atoms with E-state index in [0.717, 1.165) is 26.2 Å². The van der Waals surface area contributed by atoms with Crippen LogP contribution in [0.5, 0.6) is 0 Å². The molecule has 1 atom stereocenters. The third-order valence-corrected chi connectivity index (χ3v) is 3.72. The SMILES string of the molecule is CCCCCCCCCC(N)N1CCNCC1. The second-order valence-electron chi connectivity index (χ2n) is 5.26. The highest BCUT2D eigenvalue weighted by Crippen LogP contribution is 2.10. The van der Waals surface area contributed by atoms with E-state index in [1.165, 1.54) is 51.4 Å². The van der Waals surface area contributed by atoms with Gasteiger partial charge in [-0.3, -0.25) is 4.90 Å². The number of nitrogens with zero attached hydrogens (tertiary/aromatic N) is 1. The molecule has 0 radical (unpaired) electrons. The van der Waals surface area contributed by atoms with Crippen LogP contribution in [0.4, 0.5) is 0 Å². The van der Waals surface area contributed by atoms with Crippen LogP contribution in [0.2, 0.25) is 0 Å². The van der Waals surface area contributed by atoms with Gasteiger partial charge in [0.25, 0.3) is 0 Å². The van der Waals surface area contributed by atoms with Crippen LogP contribution in [0, 0.1) is 0 Å². The van der Waals surface area contributed by atoms with Crippen molar-refractivity contribution in [2.24, 2.45) is 5.73 Å². The van der Waals surface area contributed by atoms with E-state index in [4.69, 9.17) is 5.73 Å². The number of nitrogens with one attached hydrogen (secondary N) is 1. The number of hydrogen-bond donors (Lipinski definition) is 2. The first-order valence-corrected chi connectivity index (χ1v) is 7.55. The zero-order chi connectivity index (χ0) is 12.3. The Bertz CT molecular complexity index is 167. The first-order valence-electron chi connectivity index (χ1n) is 7.55. The molecular weight excluding hydrogens is 210 g/mol. The fourth-order valence-electron chi connectivity index (χ4n) is 2.51. The third-order valence-electron chi connectivity index (χ3n) is 3.72. The van der Waals surface area contributed by atoms with Crippen molar-refractivity contribution in [3.8, 4) is 0 Å². The largest absolute Gasteiger partial charge is 0.316 e. The van der Waals surface area contributed by atoms with Crippen molar-refractivity contribution in [3.63, 3.8) is 0 Å². The van der Waals surface area contributed by atoms with Crippen molar-refractivity contribution in [1.82, 2.24) is 10.2 Å². The lowest BCUT2D eigenvalue weighted by Crippen LogP contribution is -2.51. The number of nitrogens with two attached hydrogens (primary N) is 1. The van der Waals surface area contributed by atoms with E-state index in [9.17, 15) is 0 Å². The summed E-state index contributed by atoms with van der Waals surface area (Å²) >= 11 is 0. The van der Waals surface area contributed by atoms with Crippen LogP contribution >= 0.6 is 0 Å². The van der Waals surface area contributed by atoms with Gasteiger partial charge in [0.2, 0.25) is 0 Å². The van der Waals surface area contributed by atoms with Crippen LogP contribution in [0.3, 0.4) is 0 Å². The van der Waals surface area contributed by atoms with E-state index in [2.05, 4.69) is 17.1 Å². The van der Waals surface area contributed by atoms with Crippen molar-refractivity contribution >= 4 is 0 Å². The normalized spacial score (nSPS) is 19.4. The van der Waals surface area contributed by atoms with Crippen LogP contribution in [0.15, 0.2) is 0 Å². The molecule has 0 aromatic heterocycles. The molecule has 0 amide bonds. The van der Waals surface area contributed by atoms with E-state index in [1.54, 1.807) is 0 Å². The molecule has 0 aromatic rings. The maximum Gasteiger partial charge on any atom is 0.0572 e. The molecule has 1 unspecified atom stereocenters. The Morgan fingerprint density at radius 1 is 1.00 bits per heavy atom. The minimum Gasteiger partial charge on any atom is -0.316 e. The summed E-state index contributed by atoms with van der Waals surface area (Å²) in [6, 6.07) is 0. The summed E-state index contributed by atoms with van der Waals surface area (Å²) in [5.74, 6) is 0.